The lowest BCUT2D eigenvalue weighted by Crippen LogP contribution is -2.44. The van der Waals surface area contributed by atoms with Crippen molar-refractivity contribution in [3.63, 3.8) is 0 Å². The summed E-state index contributed by atoms with van der Waals surface area (Å²) >= 11 is 0. The Morgan fingerprint density at radius 3 is 2.69 bits per heavy atom. The van der Waals surface area contributed by atoms with Crippen molar-refractivity contribution in [3.8, 4) is 5.75 Å². The van der Waals surface area contributed by atoms with Gasteiger partial charge in [-0.25, -0.2) is 0 Å². The highest BCUT2D eigenvalue weighted by molar-refractivity contribution is 5.79. The zero-order chi connectivity index (χ0) is 22.5. The third-order valence-electron chi connectivity index (χ3n) is 6.70. The molecule has 0 unspecified atom stereocenters. The highest BCUT2D eigenvalue weighted by atomic mass is 16.5. The van der Waals surface area contributed by atoms with Crippen molar-refractivity contribution >= 4 is 5.91 Å². The molecule has 2 aliphatic heterocycles. The molecule has 1 aromatic carbocycles. The molecular formula is C26H37N3O3. The molecule has 1 saturated heterocycles. The fraction of sp³-hybridized carbons (Fsp3) is 0.577. The van der Waals surface area contributed by atoms with Crippen molar-refractivity contribution in [2.75, 3.05) is 39.3 Å². The van der Waals surface area contributed by atoms with Crippen LogP contribution in [-0.2, 0) is 24.4 Å². The van der Waals surface area contributed by atoms with Crippen LogP contribution in [-0.4, -0.2) is 59.9 Å². The number of likely N-dealkylation sites (tertiary alicyclic amines) is 1. The summed E-state index contributed by atoms with van der Waals surface area (Å²) < 4.78 is 11.8. The molecule has 4 rings (SSSR count). The molecule has 0 aliphatic carbocycles. The maximum Gasteiger partial charge on any atom is 0.226 e. The summed E-state index contributed by atoms with van der Waals surface area (Å²) in [6.07, 6.45) is 2.09. The van der Waals surface area contributed by atoms with Gasteiger partial charge in [-0.15, -0.1) is 0 Å². The van der Waals surface area contributed by atoms with E-state index < -0.39 is 0 Å². The molecule has 32 heavy (non-hydrogen) atoms. The van der Waals surface area contributed by atoms with Gasteiger partial charge in [0.15, 0.2) is 0 Å². The second kappa shape index (κ2) is 10.5. The van der Waals surface area contributed by atoms with E-state index in [1.54, 1.807) is 0 Å². The van der Waals surface area contributed by atoms with Gasteiger partial charge in [-0.05, 0) is 70.0 Å². The number of hydrogen-bond acceptors (Lipinski definition) is 5. The van der Waals surface area contributed by atoms with Gasteiger partial charge in [-0.1, -0.05) is 6.07 Å². The van der Waals surface area contributed by atoms with E-state index in [9.17, 15) is 4.79 Å². The summed E-state index contributed by atoms with van der Waals surface area (Å²) in [5.74, 6) is 3.38. The molecule has 2 aliphatic rings. The zero-order valence-corrected chi connectivity index (χ0v) is 19.8. The van der Waals surface area contributed by atoms with Crippen LogP contribution in [0.1, 0.15) is 49.3 Å². The summed E-state index contributed by atoms with van der Waals surface area (Å²) in [5, 5.41) is 0. The normalized spacial score (nSPS) is 19.8. The number of amides is 1. The van der Waals surface area contributed by atoms with Gasteiger partial charge in [-0.2, -0.15) is 0 Å². The monoisotopic (exact) mass is 439 g/mol. The van der Waals surface area contributed by atoms with Crippen LogP contribution < -0.4 is 4.74 Å². The van der Waals surface area contributed by atoms with Crippen molar-refractivity contribution < 1.29 is 13.9 Å². The minimum atomic E-state index is 0.125. The second-order valence-electron chi connectivity index (χ2n) is 9.10. The maximum atomic E-state index is 12.8. The van der Waals surface area contributed by atoms with Crippen LogP contribution in [0.3, 0.4) is 0 Å². The molecule has 0 saturated carbocycles. The molecule has 6 nitrogen and oxygen atoms in total. The minimum absolute atomic E-state index is 0.125. The van der Waals surface area contributed by atoms with Crippen LogP contribution in [0.5, 0.6) is 5.75 Å². The van der Waals surface area contributed by atoms with Crippen LogP contribution in [0.25, 0.3) is 0 Å². The van der Waals surface area contributed by atoms with Crippen molar-refractivity contribution in [1.82, 2.24) is 14.7 Å². The SMILES string of the molecule is CCN(CC)C(=O)[C@@H]1CCCN(Cc2ccc3c(c2)CN(Cc2ccc(C)o2)CCO3)C1. The molecule has 1 amide bonds. The number of furan rings is 1. The van der Waals surface area contributed by atoms with Crippen molar-refractivity contribution in [2.24, 2.45) is 5.92 Å². The lowest BCUT2D eigenvalue weighted by atomic mass is 9.95. The fourth-order valence-electron chi connectivity index (χ4n) is 4.98. The van der Waals surface area contributed by atoms with E-state index in [0.717, 1.165) is 82.5 Å². The maximum absolute atomic E-state index is 12.8. The minimum Gasteiger partial charge on any atom is -0.492 e. The molecule has 0 bridgehead atoms. The van der Waals surface area contributed by atoms with Crippen LogP contribution >= 0.6 is 0 Å². The first kappa shape index (κ1) is 22.9. The molecule has 0 N–H and O–H groups in total. The number of fused-ring (bicyclic) bond motifs is 1. The van der Waals surface area contributed by atoms with E-state index in [2.05, 4.69) is 47.9 Å². The number of nitrogens with zero attached hydrogens (tertiary/aromatic N) is 3. The van der Waals surface area contributed by atoms with Crippen molar-refractivity contribution in [1.29, 1.82) is 0 Å². The number of ether oxygens (including phenoxy) is 1. The van der Waals surface area contributed by atoms with E-state index in [1.807, 2.05) is 17.9 Å². The lowest BCUT2D eigenvalue weighted by Gasteiger charge is -2.34. The highest BCUT2D eigenvalue weighted by Gasteiger charge is 2.28. The van der Waals surface area contributed by atoms with E-state index >= 15 is 0 Å². The van der Waals surface area contributed by atoms with Gasteiger partial charge in [0.1, 0.15) is 23.9 Å². The Hall–Kier alpha value is -2.31. The molecule has 1 fully saturated rings. The van der Waals surface area contributed by atoms with Crippen molar-refractivity contribution in [2.45, 2.75) is 53.2 Å². The third-order valence-corrected chi connectivity index (χ3v) is 6.70. The van der Waals surface area contributed by atoms with Crippen LogP contribution in [0.2, 0.25) is 0 Å². The topological polar surface area (TPSA) is 49.2 Å². The third kappa shape index (κ3) is 5.54. The van der Waals surface area contributed by atoms with Crippen LogP contribution in [0, 0.1) is 12.8 Å². The number of carbonyl (C=O) groups excluding carboxylic acids is 1. The molecule has 2 aromatic rings. The molecule has 6 heteroatoms. The van der Waals surface area contributed by atoms with Gasteiger partial charge in [-0.3, -0.25) is 14.6 Å². The molecule has 0 radical (unpaired) electrons. The van der Waals surface area contributed by atoms with E-state index in [1.165, 1.54) is 11.1 Å². The Bertz CT molecular complexity index is 905. The summed E-state index contributed by atoms with van der Waals surface area (Å²) in [6.45, 7) is 13.7. The Labute approximate surface area is 192 Å². The Morgan fingerprint density at radius 2 is 1.94 bits per heavy atom. The van der Waals surface area contributed by atoms with Gasteiger partial charge in [0.05, 0.1) is 12.5 Å². The molecular weight excluding hydrogens is 402 g/mol. The van der Waals surface area contributed by atoms with Gasteiger partial charge in [0.2, 0.25) is 5.91 Å². The Morgan fingerprint density at radius 1 is 1.09 bits per heavy atom. The van der Waals surface area contributed by atoms with Gasteiger partial charge in [0, 0.05) is 44.8 Å². The van der Waals surface area contributed by atoms with Gasteiger partial charge < -0.3 is 14.1 Å². The average Bonchev–Trinajstić information content (AvgIpc) is 3.09. The van der Waals surface area contributed by atoms with Crippen LogP contribution in [0.4, 0.5) is 0 Å². The number of rotatable bonds is 7. The molecule has 174 valence electrons. The fourth-order valence-corrected chi connectivity index (χ4v) is 4.98. The number of benzene rings is 1. The first-order valence-electron chi connectivity index (χ1n) is 12.1. The largest absolute Gasteiger partial charge is 0.492 e. The summed E-state index contributed by atoms with van der Waals surface area (Å²) in [7, 11) is 0. The van der Waals surface area contributed by atoms with Gasteiger partial charge >= 0.3 is 0 Å². The van der Waals surface area contributed by atoms with Gasteiger partial charge in [0.25, 0.3) is 0 Å². The number of piperidine rings is 1. The molecule has 1 atom stereocenters. The van der Waals surface area contributed by atoms with Crippen molar-refractivity contribution in [3.05, 3.63) is 53.0 Å². The molecule has 1 aromatic heterocycles. The summed E-state index contributed by atoms with van der Waals surface area (Å²) in [6, 6.07) is 10.7. The van der Waals surface area contributed by atoms with Crippen LogP contribution in [0.15, 0.2) is 34.7 Å². The summed E-state index contributed by atoms with van der Waals surface area (Å²) in [5.41, 5.74) is 2.52. The zero-order valence-electron chi connectivity index (χ0n) is 19.8. The lowest BCUT2D eigenvalue weighted by molar-refractivity contribution is -0.137. The standard InChI is InChI=1S/C26H37N3O3/c1-4-29(5-2)26(30)22-7-6-12-27(17-22)16-21-9-11-25-23(15-21)18-28(13-14-31-25)19-24-10-8-20(3)32-24/h8-11,15,22H,4-7,12-14,16-19H2,1-3H3/t22-/m1/s1. The molecule has 3 heterocycles. The highest BCUT2D eigenvalue weighted by Crippen LogP contribution is 2.27. The second-order valence-corrected chi connectivity index (χ2v) is 9.10. The number of hydrogen-bond donors (Lipinski definition) is 0. The number of carbonyl (C=O) groups is 1. The van der Waals surface area contributed by atoms with E-state index in [0.29, 0.717) is 12.5 Å². The quantitative estimate of drug-likeness (QED) is 0.651. The Balaban J connectivity index is 1.40. The average molecular weight is 440 g/mol. The smallest absolute Gasteiger partial charge is 0.226 e. The Kier molecular flexibility index (Phi) is 7.53. The summed E-state index contributed by atoms with van der Waals surface area (Å²) in [4.78, 5) is 19.6. The van der Waals surface area contributed by atoms with E-state index in [-0.39, 0.29) is 5.92 Å². The first-order valence-corrected chi connectivity index (χ1v) is 12.1. The predicted octanol–water partition coefficient (Wildman–Crippen LogP) is 4.06. The first-order chi connectivity index (χ1) is 15.6. The predicted molar refractivity (Wildman–Crippen MR) is 125 cm³/mol. The van der Waals surface area contributed by atoms with E-state index in [4.69, 9.17) is 9.15 Å². The molecule has 0 spiro atoms. The number of aryl methyl sites for hydroxylation is 1.